The molecule has 184 valence electrons. The second kappa shape index (κ2) is 10.0. The molecule has 3 amide bonds. The molecule has 2 unspecified atom stereocenters. The van der Waals surface area contributed by atoms with Crippen molar-refractivity contribution in [3.8, 4) is 0 Å². The summed E-state index contributed by atoms with van der Waals surface area (Å²) in [6, 6.07) is 16.0. The largest absolute Gasteiger partial charge is 0.369 e. The van der Waals surface area contributed by atoms with E-state index in [-0.39, 0.29) is 11.7 Å². The number of amides is 3. The number of aryl methyl sites for hydroxylation is 1. The average Bonchev–Trinajstić information content (AvgIpc) is 3.23. The van der Waals surface area contributed by atoms with Crippen molar-refractivity contribution in [3.63, 3.8) is 0 Å². The molecule has 2 atom stereocenters. The van der Waals surface area contributed by atoms with Gasteiger partial charge >= 0.3 is 6.03 Å². The molecular weight excluding hydrogens is 447 g/mol. The summed E-state index contributed by atoms with van der Waals surface area (Å²) >= 11 is 0. The van der Waals surface area contributed by atoms with Gasteiger partial charge in [0.15, 0.2) is 12.2 Å². The molecule has 3 aliphatic rings. The van der Waals surface area contributed by atoms with Crippen LogP contribution in [0.15, 0.2) is 59.6 Å². The third-order valence-electron chi connectivity index (χ3n) is 7.08. The Labute approximate surface area is 205 Å². The number of carbonyl (C=O) groups is 2. The van der Waals surface area contributed by atoms with Crippen LogP contribution in [0.4, 0.5) is 14.9 Å². The Kier molecular flexibility index (Phi) is 6.68. The van der Waals surface area contributed by atoms with Gasteiger partial charge in [-0.15, -0.1) is 0 Å². The molecule has 2 fully saturated rings. The minimum atomic E-state index is -0.497. The minimum Gasteiger partial charge on any atom is -0.369 e. The van der Waals surface area contributed by atoms with Crippen LogP contribution in [-0.2, 0) is 11.2 Å². The smallest absolute Gasteiger partial charge is 0.325 e. The molecule has 0 aromatic heterocycles. The van der Waals surface area contributed by atoms with Crippen LogP contribution in [0.1, 0.15) is 12.0 Å². The number of benzene rings is 2. The van der Waals surface area contributed by atoms with Crippen LogP contribution in [-0.4, -0.2) is 91.0 Å². The Hall–Kier alpha value is -3.46. The van der Waals surface area contributed by atoms with Gasteiger partial charge < -0.3 is 14.7 Å². The number of nitrogens with zero attached hydrogens (tertiary/aromatic N) is 5. The topological polar surface area (TPSA) is 71.5 Å². The van der Waals surface area contributed by atoms with E-state index in [0.717, 1.165) is 50.5 Å². The number of urea groups is 1. The lowest BCUT2D eigenvalue weighted by Gasteiger charge is -2.38. The second-order valence-electron chi connectivity index (χ2n) is 9.33. The molecule has 2 saturated heterocycles. The maximum absolute atomic E-state index is 13.3. The van der Waals surface area contributed by atoms with Gasteiger partial charge in [0.05, 0.1) is 6.54 Å². The maximum Gasteiger partial charge on any atom is 0.325 e. The van der Waals surface area contributed by atoms with Gasteiger partial charge in [0.1, 0.15) is 11.7 Å². The van der Waals surface area contributed by atoms with Gasteiger partial charge in [-0.05, 0) is 42.7 Å². The molecule has 5 rings (SSSR count). The number of fused-ring (bicyclic) bond motifs is 1. The molecule has 3 heterocycles. The second-order valence-corrected chi connectivity index (χ2v) is 9.33. The average molecular weight is 479 g/mol. The van der Waals surface area contributed by atoms with E-state index >= 15 is 0 Å². The highest BCUT2D eigenvalue weighted by Gasteiger charge is 2.48. The molecule has 35 heavy (non-hydrogen) atoms. The van der Waals surface area contributed by atoms with Crippen LogP contribution >= 0.6 is 0 Å². The number of amidine groups is 1. The fraction of sp³-hybridized carbons (Fsp3) is 0.423. The number of hydrogen-bond donors (Lipinski definition) is 1. The van der Waals surface area contributed by atoms with Gasteiger partial charge in [-0.3, -0.25) is 15.0 Å². The van der Waals surface area contributed by atoms with Crippen molar-refractivity contribution in [1.82, 2.24) is 20.0 Å². The number of aliphatic imine (C=N–C) groups is 1. The van der Waals surface area contributed by atoms with Gasteiger partial charge in [0.25, 0.3) is 5.91 Å². The fourth-order valence-electron chi connectivity index (χ4n) is 5.10. The minimum absolute atomic E-state index is 0.229. The van der Waals surface area contributed by atoms with E-state index in [9.17, 15) is 14.0 Å². The Bertz CT molecular complexity index is 1080. The number of rotatable bonds is 7. The highest BCUT2D eigenvalue weighted by atomic mass is 19.1. The zero-order valence-corrected chi connectivity index (χ0v) is 19.9. The van der Waals surface area contributed by atoms with Crippen LogP contribution in [0.2, 0.25) is 0 Å². The monoisotopic (exact) mass is 478 g/mol. The lowest BCUT2D eigenvalue weighted by atomic mass is 10.1. The zero-order chi connectivity index (χ0) is 24.4. The highest BCUT2D eigenvalue weighted by molar-refractivity contribution is 6.04. The molecule has 0 spiro atoms. The normalized spacial score (nSPS) is 22.8. The van der Waals surface area contributed by atoms with Crippen LogP contribution in [0.25, 0.3) is 0 Å². The van der Waals surface area contributed by atoms with Crippen LogP contribution in [0.3, 0.4) is 0 Å². The Balaban J connectivity index is 1.25. The van der Waals surface area contributed by atoms with Crippen LogP contribution in [0.5, 0.6) is 0 Å². The molecule has 0 bridgehead atoms. The number of halogens is 1. The molecule has 0 saturated carbocycles. The molecule has 1 N–H and O–H groups in total. The predicted molar refractivity (Wildman–Crippen MR) is 133 cm³/mol. The molecule has 9 heteroatoms. The standard InChI is InChI=1S/C26H31FN6O2/c1-30-24-23(25(34)29-26(30)35)33(13-5-8-19-6-3-2-4-7-19)22(28-24)18-31-14-16-32(17-15-31)21-11-9-20(27)10-12-21/h2-4,6-7,9-12,23-24H,5,8,13-18H2,1H3,(H,29,34,35). The summed E-state index contributed by atoms with van der Waals surface area (Å²) in [4.78, 5) is 38.1. The number of nitrogens with one attached hydrogen (secondary N) is 1. The van der Waals surface area contributed by atoms with Crippen molar-refractivity contribution in [1.29, 1.82) is 0 Å². The van der Waals surface area contributed by atoms with E-state index in [4.69, 9.17) is 4.99 Å². The third kappa shape index (κ3) is 5.00. The van der Waals surface area contributed by atoms with Crippen molar-refractivity contribution >= 4 is 23.5 Å². The zero-order valence-electron chi connectivity index (χ0n) is 19.9. The van der Waals surface area contributed by atoms with E-state index in [1.54, 1.807) is 7.05 Å². The lowest BCUT2D eigenvalue weighted by molar-refractivity contribution is -0.127. The molecule has 8 nitrogen and oxygen atoms in total. The molecule has 0 radical (unpaired) electrons. The van der Waals surface area contributed by atoms with Gasteiger partial charge in [-0.25, -0.2) is 14.2 Å². The molecule has 3 aliphatic heterocycles. The number of carbonyl (C=O) groups excluding carboxylic acids is 2. The number of piperazine rings is 1. The molecular formula is C26H31FN6O2. The van der Waals surface area contributed by atoms with Crippen molar-refractivity contribution in [2.75, 3.05) is 51.2 Å². The number of likely N-dealkylation sites (N-methyl/N-ethyl adjacent to an activating group) is 1. The summed E-state index contributed by atoms with van der Waals surface area (Å²) in [5, 5.41) is 2.48. The SMILES string of the molecule is CN1C(=O)NC(=O)C2C1N=C(CN1CCN(c3ccc(F)cc3)CC1)N2CCCc1ccccc1. The quantitative estimate of drug-likeness (QED) is 0.661. The van der Waals surface area contributed by atoms with Gasteiger partial charge in [0, 0.05) is 45.5 Å². The first-order valence-electron chi connectivity index (χ1n) is 12.2. The Morgan fingerprint density at radius 3 is 2.43 bits per heavy atom. The van der Waals surface area contributed by atoms with E-state index < -0.39 is 18.2 Å². The van der Waals surface area contributed by atoms with Crippen LogP contribution in [0, 0.1) is 5.82 Å². The number of hydrogen-bond acceptors (Lipinski definition) is 6. The van der Waals surface area contributed by atoms with Gasteiger partial charge in [-0.1, -0.05) is 30.3 Å². The third-order valence-corrected chi connectivity index (χ3v) is 7.08. The Morgan fingerprint density at radius 1 is 1.00 bits per heavy atom. The predicted octanol–water partition coefficient (Wildman–Crippen LogP) is 2.17. The summed E-state index contributed by atoms with van der Waals surface area (Å²) in [6.45, 7) is 4.66. The summed E-state index contributed by atoms with van der Waals surface area (Å²) in [7, 11) is 1.69. The number of imide groups is 1. The first-order chi connectivity index (χ1) is 17.0. The summed E-state index contributed by atoms with van der Waals surface area (Å²) in [6.07, 6.45) is 1.30. The number of anilines is 1. The van der Waals surface area contributed by atoms with Gasteiger partial charge in [-0.2, -0.15) is 0 Å². The van der Waals surface area contributed by atoms with Crippen molar-refractivity contribution in [2.24, 2.45) is 4.99 Å². The van der Waals surface area contributed by atoms with E-state index in [1.165, 1.54) is 22.6 Å². The van der Waals surface area contributed by atoms with Crippen molar-refractivity contribution < 1.29 is 14.0 Å². The molecule has 0 aliphatic carbocycles. The summed E-state index contributed by atoms with van der Waals surface area (Å²) in [5.74, 6) is 0.352. The van der Waals surface area contributed by atoms with Crippen LogP contribution < -0.4 is 10.2 Å². The summed E-state index contributed by atoms with van der Waals surface area (Å²) in [5.41, 5.74) is 2.29. The fourth-order valence-corrected chi connectivity index (χ4v) is 5.10. The first kappa shape index (κ1) is 23.3. The van der Waals surface area contributed by atoms with Crippen molar-refractivity contribution in [3.05, 3.63) is 66.0 Å². The lowest BCUT2D eigenvalue weighted by Crippen LogP contribution is -2.64. The van der Waals surface area contributed by atoms with E-state index in [0.29, 0.717) is 13.1 Å². The van der Waals surface area contributed by atoms with E-state index in [2.05, 4.69) is 32.1 Å². The first-order valence-corrected chi connectivity index (χ1v) is 12.2. The maximum atomic E-state index is 13.3. The highest BCUT2D eigenvalue weighted by Crippen LogP contribution is 2.25. The van der Waals surface area contributed by atoms with Gasteiger partial charge in [0.2, 0.25) is 0 Å². The Morgan fingerprint density at radius 2 is 1.71 bits per heavy atom. The summed E-state index contributed by atoms with van der Waals surface area (Å²) < 4.78 is 13.3. The molecule has 2 aromatic rings. The van der Waals surface area contributed by atoms with E-state index in [1.807, 2.05) is 30.3 Å². The molecule has 2 aromatic carbocycles. The van der Waals surface area contributed by atoms with Crippen molar-refractivity contribution in [2.45, 2.75) is 25.0 Å².